The predicted octanol–water partition coefficient (Wildman–Crippen LogP) is 0.948. The van der Waals surface area contributed by atoms with Crippen LogP contribution in [0, 0.1) is 0 Å². The average Bonchev–Trinajstić information content (AvgIpc) is 2.19. The molecule has 0 atom stereocenters. The van der Waals surface area contributed by atoms with Crippen molar-refractivity contribution in [2.24, 2.45) is 0 Å². The maximum atomic E-state index is 12.6. The first-order chi connectivity index (χ1) is 7.45. The third-order valence-electron chi connectivity index (χ3n) is 1.93. The summed E-state index contributed by atoms with van der Waals surface area (Å²) < 4.78 is 29.8. The van der Waals surface area contributed by atoms with Crippen molar-refractivity contribution in [2.45, 2.75) is 12.8 Å². The number of halogens is 2. The SMILES string of the molecule is COc1cc(C(F)F)c(CC(=O)O)c(=O)[nH]1. The monoisotopic (exact) mass is 233 g/mol. The number of ether oxygens (including phenoxy) is 1. The highest BCUT2D eigenvalue weighted by molar-refractivity contribution is 5.70. The lowest BCUT2D eigenvalue weighted by molar-refractivity contribution is -0.136. The molecule has 0 unspecified atom stereocenters. The Hall–Kier alpha value is -1.92. The molecular weight excluding hydrogens is 224 g/mol. The van der Waals surface area contributed by atoms with Crippen molar-refractivity contribution >= 4 is 5.97 Å². The van der Waals surface area contributed by atoms with E-state index in [0.29, 0.717) is 0 Å². The number of pyridine rings is 1. The molecule has 5 nitrogen and oxygen atoms in total. The van der Waals surface area contributed by atoms with Gasteiger partial charge in [0.15, 0.2) is 5.88 Å². The van der Waals surface area contributed by atoms with Gasteiger partial charge in [0.25, 0.3) is 12.0 Å². The van der Waals surface area contributed by atoms with Crippen molar-refractivity contribution in [3.8, 4) is 5.88 Å². The van der Waals surface area contributed by atoms with E-state index >= 15 is 0 Å². The third kappa shape index (κ3) is 2.56. The number of aromatic nitrogens is 1. The molecule has 0 saturated carbocycles. The minimum absolute atomic E-state index is 0.130. The summed E-state index contributed by atoms with van der Waals surface area (Å²) in [7, 11) is 1.21. The second-order valence-electron chi connectivity index (χ2n) is 2.97. The number of hydrogen-bond acceptors (Lipinski definition) is 3. The van der Waals surface area contributed by atoms with Gasteiger partial charge in [0.05, 0.1) is 13.5 Å². The lowest BCUT2D eigenvalue weighted by Crippen LogP contribution is -2.19. The number of alkyl halides is 2. The average molecular weight is 233 g/mol. The number of H-pyrrole nitrogens is 1. The normalized spacial score (nSPS) is 10.5. The zero-order chi connectivity index (χ0) is 12.3. The lowest BCUT2D eigenvalue weighted by atomic mass is 10.1. The van der Waals surface area contributed by atoms with Crippen molar-refractivity contribution in [3.63, 3.8) is 0 Å². The molecule has 16 heavy (non-hydrogen) atoms. The highest BCUT2D eigenvalue weighted by Gasteiger charge is 2.19. The topological polar surface area (TPSA) is 79.4 Å². The second-order valence-corrected chi connectivity index (χ2v) is 2.97. The van der Waals surface area contributed by atoms with Crippen LogP contribution in [-0.4, -0.2) is 23.2 Å². The molecule has 1 aromatic heterocycles. The zero-order valence-electron chi connectivity index (χ0n) is 8.29. The van der Waals surface area contributed by atoms with Crippen LogP contribution in [0.3, 0.4) is 0 Å². The lowest BCUT2D eigenvalue weighted by Gasteiger charge is -2.08. The molecule has 0 saturated heterocycles. The number of carbonyl (C=O) groups is 1. The van der Waals surface area contributed by atoms with E-state index in [1.165, 1.54) is 7.11 Å². The maximum Gasteiger partial charge on any atom is 0.308 e. The van der Waals surface area contributed by atoms with Gasteiger partial charge in [0.2, 0.25) is 0 Å². The highest BCUT2D eigenvalue weighted by atomic mass is 19.3. The van der Waals surface area contributed by atoms with Crippen molar-refractivity contribution in [1.82, 2.24) is 4.98 Å². The molecule has 0 spiro atoms. The van der Waals surface area contributed by atoms with E-state index in [1.807, 2.05) is 0 Å². The molecule has 1 rings (SSSR count). The van der Waals surface area contributed by atoms with Gasteiger partial charge in [0, 0.05) is 17.2 Å². The molecule has 2 N–H and O–H groups in total. The molecule has 0 fully saturated rings. The molecule has 1 aromatic rings. The van der Waals surface area contributed by atoms with Crippen molar-refractivity contribution < 1.29 is 23.4 Å². The van der Waals surface area contributed by atoms with Crippen molar-refractivity contribution in [2.75, 3.05) is 7.11 Å². The van der Waals surface area contributed by atoms with Gasteiger partial charge in [-0.15, -0.1) is 0 Å². The van der Waals surface area contributed by atoms with Gasteiger partial charge in [-0.3, -0.25) is 14.6 Å². The first-order valence-corrected chi connectivity index (χ1v) is 4.25. The van der Waals surface area contributed by atoms with E-state index in [2.05, 4.69) is 9.72 Å². The van der Waals surface area contributed by atoms with E-state index < -0.39 is 35.5 Å². The highest BCUT2D eigenvalue weighted by Crippen LogP contribution is 2.23. The van der Waals surface area contributed by atoms with Gasteiger partial charge in [-0.05, 0) is 0 Å². The number of aliphatic carboxylic acids is 1. The Morgan fingerprint density at radius 1 is 1.62 bits per heavy atom. The van der Waals surface area contributed by atoms with Gasteiger partial charge in [0.1, 0.15) is 0 Å². The van der Waals surface area contributed by atoms with E-state index in [9.17, 15) is 18.4 Å². The molecule has 0 aliphatic rings. The summed E-state index contributed by atoms with van der Waals surface area (Å²) >= 11 is 0. The number of aromatic amines is 1. The van der Waals surface area contributed by atoms with Crippen molar-refractivity contribution in [1.29, 1.82) is 0 Å². The number of hydrogen-bond donors (Lipinski definition) is 2. The Morgan fingerprint density at radius 3 is 2.69 bits per heavy atom. The molecule has 88 valence electrons. The van der Waals surface area contributed by atoms with Gasteiger partial charge in [-0.25, -0.2) is 8.78 Å². The fourth-order valence-corrected chi connectivity index (χ4v) is 1.22. The largest absolute Gasteiger partial charge is 0.482 e. The Labute approximate surface area is 88.7 Å². The van der Waals surface area contributed by atoms with Crippen LogP contribution in [0.2, 0.25) is 0 Å². The summed E-state index contributed by atoms with van der Waals surface area (Å²) in [6, 6.07) is 0.921. The summed E-state index contributed by atoms with van der Waals surface area (Å²) in [4.78, 5) is 23.9. The molecule has 0 amide bonds. The van der Waals surface area contributed by atoms with Gasteiger partial charge >= 0.3 is 5.97 Å². The Morgan fingerprint density at radius 2 is 2.25 bits per heavy atom. The summed E-state index contributed by atoms with van der Waals surface area (Å²) in [5, 5.41) is 8.50. The molecule has 1 heterocycles. The Balaban J connectivity index is 3.34. The van der Waals surface area contributed by atoms with E-state index in [-0.39, 0.29) is 5.88 Å². The first kappa shape index (κ1) is 12.2. The Bertz CT molecular complexity index is 455. The summed E-state index contributed by atoms with van der Waals surface area (Å²) in [6.45, 7) is 0. The number of methoxy groups -OCH3 is 1. The van der Waals surface area contributed by atoms with Crippen LogP contribution in [0.15, 0.2) is 10.9 Å². The van der Waals surface area contributed by atoms with Crippen LogP contribution in [0.25, 0.3) is 0 Å². The maximum absolute atomic E-state index is 12.6. The van der Waals surface area contributed by atoms with Crippen LogP contribution in [0.4, 0.5) is 8.78 Å². The van der Waals surface area contributed by atoms with E-state index in [4.69, 9.17) is 5.11 Å². The van der Waals surface area contributed by atoms with E-state index in [0.717, 1.165) is 6.07 Å². The standard InChI is InChI=1S/C9H9F2NO4/c1-16-6-2-4(8(10)11)5(3-7(13)14)9(15)12-6/h2,8H,3H2,1H3,(H,12,15)(H,13,14). The zero-order valence-corrected chi connectivity index (χ0v) is 8.29. The predicted molar refractivity (Wildman–Crippen MR) is 49.9 cm³/mol. The van der Waals surface area contributed by atoms with Gasteiger partial charge < -0.3 is 9.84 Å². The summed E-state index contributed by atoms with van der Waals surface area (Å²) in [5.74, 6) is -1.48. The molecule has 7 heteroatoms. The number of nitrogens with one attached hydrogen (secondary N) is 1. The minimum Gasteiger partial charge on any atom is -0.482 e. The quantitative estimate of drug-likeness (QED) is 0.811. The number of rotatable bonds is 4. The number of carboxylic acid groups (broad SMARTS) is 1. The third-order valence-corrected chi connectivity index (χ3v) is 1.93. The second kappa shape index (κ2) is 4.73. The molecule has 0 radical (unpaired) electrons. The van der Waals surface area contributed by atoms with Crippen molar-refractivity contribution in [3.05, 3.63) is 27.5 Å². The van der Waals surface area contributed by atoms with Crippen LogP contribution in [0.5, 0.6) is 5.88 Å². The fourth-order valence-electron chi connectivity index (χ4n) is 1.22. The summed E-state index contributed by atoms with van der Waals surface area (Å²) in [6.07, 6.45) is -3.68. The van der Waals surface area contributed by atoms with Gasteiger partial charge in [-0.2, -0.15) is 0 Å². The fraction of sp³-hybridized carbons (Fsp3) is 0.333. The van der Waals surface area contributed by atoms with Crippen LogP contribution < -0.4 is 10.3 Å². The minimum atomic E-state index is -2.93. The molecule has 0 aliphatic heterocycles. The van der Waals surface area contributed by atoms with Crippen LogP contribution >= 0.6 is 0 Å². The van der Waals surface area contributed by atoms with E-state index in [1.54, 1.807) is 0 Å². The smallest absolute Gasteiger partial charge is 0.308 e. The number of carboxylic acids is 1. The van der Waals surface area contributed by atoms with Crippen LogP contribution in [0.1, 0.15) is 17.6 Å². The van der Waals surface area contributed by atoms with Gasteiger partial charge in [-0.1, -0.05) is 0 Å². The molecule has 0 bridgehead atoms. The Kier molecular flexibility index (Phi) is 3.60. The molecular formula is C9H9F2NO4. The summed E-state index contributed by atoms with van der Waals surface area (Å²) in [5.41, 5.74) is -1.96. The first-order valence-electron chi connectivity index (χ1n) is 4.25. The van der Waals surface area contributed by atoms with Crippen LogP contribution in [-0.2, 0) is 11.2 Å². The molecule has 0 aromatic carbocycles. The molecule has 0 aliphatic carbocycles.